The van der Waals surface area contributed by atoms with Crippen molar-refractivity contribution in [2.24, 2.45) is 0 Å². The van der Waals surface area contributed by atoms with Crippen LogP contribution in [0, 0.1) is 0 Å². The van der Waals surface area contributed by atoms with Crippen LogP contribution < -0.4 is 5.56 Å². The molecular weight excluding hydrogens is 342 g/mol. The highest BCUT2D eigenvalue weighted by atomic mass is 16.2. The van der Waals surface area contributed by atoms with Crippen molar-refractivity contribution < 1.29 is 4.79 Å². The zero-order valence-electron chi connectivity index (χ0n) is 15.9. The van der Waals surface area contributed by atoms with E-state index in [1.807, 2.05) is 36.0 Å². The number of pyridine rings is 1. The predicted molar refractivity (Wildman–Crippen MR) is 102 cm³/mol. The number of aromatic nitrogens is 3. The smallest absolute Gasteiger partial charge is 0.254 e. The van der Waals surface area contributed by atoms with Crippen LogP contribution >= 0.6 is 0 Å². The summed E-state index contributed by atoms with van der Waals surface area (Å²) in [6, 6.07) is 3.73. The molecule has 1 spiro atoms. The Morgan fingerprint density at radius 3 is 2.96 bits per heavy atom. The summed E-state index contributed by atoms with van der Waals surface area (Å²) in [7, 11) is 3.81. The van der Waals surface area contributed by atoms with E-state index in [4.69, 9.17) is 4.98 Å². The van der Waals surface area contributed by atoms with Crippen molar-refractivity contribution in [3.8, 4) is 11.4 Å². The molecule has 1 amide bonds. The molecule has 2 aromatic heterocycles. The summed E-state index contributed by atoms with van der Waals surface area (Å²) in [5.74, 6) is 0.703. The minimum Gasteiger partial charge on any atom is -0.341 e. The van der Waals surface area contributed by atoms with Crippen molar-refractivity contribution in [1.29, 1.82) is 0 Å². The molecule has 1 fully saturated rings. The molecule has 3 heterocycles. The third-order valence-corrected chi connectivity index (χ3v) is 5.69. The zero-order valence-corrected chi connectivity index (χ0v) is 15.9. The van der Waals surface area contributed by atoms with E-state index in [9.17, 15) is 9.59 Å². The lowest BCUT2D eigenvalue weighted by Gasteiger charge is -2.41. The van der Waals surface area contributed by atoms with Gasteiger partial charge >= 0.3 is 0 Å². The minimum absolute atomic E-state index is 0.0625. The molecular formula is C20H25N5O2. The minimum atomic E-state index is -0.208. The quantitative estimate of drug-likeness (QED) is 0.882. The van der Waals surface area contributed by atoms with Crippen LogP contribution in [0.3, 0.4) is 0 Å². The lowest BCUT2D eigenvalue weighted by molar-refractivity contribution is -0.134. The number of carbonyl (C=O) groups excluding carboxylic acids is 1. The fraction of sp³-hybridized carbons (Fsp3) is 0.500. The van der Waals surface area contributed by atoms with E-state index in [1.165, 1.54) is 0 Å². The lowest BCUT2D eigenvalue weighted by Crippen LogP contribution is -2.50. The van der Waals surface area contributed by atoms with Crippen molar-refractivity contribution in [2.45, 2.75) is 31.1 Å². The molecule has 1 aliphatic carbocycles. The maximum atomic E-state index is 12.7. The molecule has 4 rings (SSSR count). The van der Waals surface area contributed by atoms with E-state index in [0.717, 1.165) is 49.0 Å². The number of likely N-dealkylation sites (N-methyl/N-ethyl adjacent to an activating group) is 1. The van der Waals surface area contributed by atoms with Gasteiger partial charge in [-0.1, -0.05) is 0 Å². The van der Waals surface area contributed by atoms with Crippen LogP contribution in [0.25, 0.3) is 11.4 Å². The standard InChI is InChI=1S/C20H25N5O2/c1-24(2)12-16(26)25-10-4-7-20(13-25)8-6-15-17(20)22-18(23-19(15)27)14-5-3-9-21-11-14/h3,5,9,11H,4,6-8,10,12-13H2,1-2H3,(H,22,23,27). The Labute approximate surface area is 158 Å². The van der Waals surface area contributed by atoms with Crippen LogP contribution in [0.4, 0.5) is 0 Å². The van der Waals surface area contributed by atoms with Crippen LogP contribution in [0.15, 0.2) is 29.3 Å². The first-order valence-electron chi connectivity index (χ1n) is 9.45. The Balaban J connectivity index is 1.70. The molecule has 7 heteroatoms. The first-order chi connectivity index (χ1) is 13.0. The second-order valence-electron chi connectivity index (χ2n) is 7.92. The Hall–Kier alpha value is -2.54. The normalized spacial score (nSPS) is 21.7. The average molecular weight is 367 g/mol. The first kappa shape index (κ1) is 17.9. The lowest BCUT2D eigenvalue weighted by atomic mass is 9.77. The molecule has 0 saturated carbocycles. The number of fused-ring (bicyclic) bond motifs is 2. The summed E-state index contributed by atoms with van der Waals surface area (Å²) in [6.45, 7) is 1.84. The highest BCUT2D eigenvalue weighted by molar-refractivity contribution is 5.78. The van der Waals surface area contributed by atoms with E-state index in [0.29, 0.717) is 18.9 Å². The fourth-order valence-electron chi connectivity index (χ4n) is 4.40. The predicted octanol–water partition coefficient (Wildman–Crippen LogP) is 1.20. The van der Waals surface area contributed by atoms with Gasteiger partial charge in [-0.2, -0.15) is 0 Å². The molecule has 1 saturated heterocycles. The maximum Gasteiger partial charge on any atom is 0.254 e. The molecule has 1 atom stereocenters. The number of hydrogen-bond acceptors (Lipinski definition) is 5. The number of hydrogen-bond donors (Lipinski definition) is 1. The highest BCUT2D eigenvalue weighted by Gasteiger charge is 2.45. The molecule has 0 bridgehead atoms. The number of aromatic amines is 1. The Morgan fingerprint density at radius 2 is 2.22 bits per heavy atom. The van der Waals surface area contributed by atoms with Gasteiger partial charge in [0.1, 0.15) is 5.82 Å². The summed E-state index contributed by atoms with van der Waals surface area (Å²) < 4.78 is 0. The van der Waals surface area contributed by atoms with Gasteiger partial charge in [-0.25, -0.2) is 4.98 Å². The summed E-state index contributed by atoms with van der Waals surface area (Å²) in [5.41, 5.74) is 2.20. The van der Waals surface area contributed by atoms with Gasteiger partial charge in [0.25, 0.3) is 5.56 Å². The number of H-pyrrole nitrogens is 1. The molecule has 2 aliphatic rings. The van der Waals surface area contributed by atoms with E-state index >= 15 is 0 Å². The largest absolute Gasteiger partial charge is 0.341 e. The molecule has 142 valence electrons. The molecule has 0 radical (unpaired) electrons. The molecule has 2 aromatic rings. The van der Waals surface area contributed by atoms with Crippen molar-refractivity contribution in [3.63, 3.8) is 0 Å². The van der Waals surface area contributed by atoms with Crippen LogP contribution in [0.2, 0.25) is 0 Å². The third kappa shape index (κ3) is 3.27. The number of piperidine rings is 1. The zero-order chi connectivity index (χ0) is 19.0. The van der Waals surface area contributed by atoms with Crippen LogP contribution in [0.1, 0.15) is 30.5 Å². The van der Waals surface area contributed by atoms with Gasteiger partial charge in [-0.05, 0) is 51.9 Å². The van der Waals surface area contributed by atoms with E-state index in [1.54, 1.807) is 12.4 Å². The Bertz CT molecular complexity index is 908. The van der Waals surface area contributed by atoms with Gasteiger partial charge in [-0.15, -0.1) is 0 Å². The number of carbonyl (C=O) groups is 1. The van der Waals surface area contributed by atoms with Gasteiger partial charge in [-0.3, -0.25) is 14.6 Å². The monoisotopic (exact) mass is 367 g/mol. The Kier molecular flexibility index (Phi) is 4.55. The van der Waals surface area contributed by atoms with Crippen LogP contribution in [-0.2, 0) is 16.6 Å². The maximum absolute atomic E-state index is 12.7. The first-order valence-corrected chi connectivity index (χ1v) is 9.45. The van der Waals surface area contributed by atoms with E-state index < -0.39 is 0 Å². The van der Waals surface area contributed by atoms with Crippen molar-refractivity contribution in [3.05, 3.63) is 46.1 Å². The van der Waals surface area contributed by atoms with Crippen molar-refractivity contribution >= 4 is 5.91 Å². The molecule has 1 N–H and O–H groups in total. The van der Waals surface area contributed by atoms with Gasteiger partial charge in [0.2, 0.25) is 5.91 Å². The summed E-state index contributed by atoms with van der Waals surface area (Å²) >= 11 is 0. The Morgan fingerprint density at radius 1 is 1.37 bits per heavy atom. The fourth-order valence-corrected chi connectivity index (χ4v) is 4.40. The number of rotatable bonds is 3. The second-order valence-corrected chi connectivity index (χ2v) is 7.92. The van der Waals surface area contributed by atoms with Gasteiger partial charge in [0, 0.05) is 42.0 Å². The molecule has 27 heavy (non-hydrogen) atoms. The van der Waals surface area contributed by atoms with Crippen molar-refractivity contribution in [1.82, 2.24) is 24.8 Å². The van der Waals surface area contributed by atoms with Crippen LogP contribution in [0.5, 0.6) is 0 Å². The number of nitrogens with one attached hydrogen (secondary N) is 1. The summed E-state index contributed by atoms with van der Waals surface area (Å²) in [4.78, 5) is 41.1. The highest BCUT2D eigenvalue weighted by Crippen LogP contribution is 2.43. The average Bonchev–Trinajstić information content (AvgIpc) is 3.00. The van der Waals surface area contributed by atoms with Crippen molar-refractivity contribution in [2.75, 3.05) is 33.7 Å². The topological polar surface area (TPSA) is 82.2 Å². The summed E-state index contributed by atoms with van der Waals surface area (Å²) in [6.07, 6.45) is 6.91. The van der Waals surface area contributed by atoms with Gasteiger partial charge < -0.3 is 14.8 Å². The van der Waals surface area contributed by atoms with E-state index in [2.05, 4.69) is 9.97 Å². The SMILES string of the molecule is CN(C)CC(=O)N1CCCC2(CCc3c2nc(-c2cccnc2)[nH]c3=O)C1. The molecule has 7 nitrogen and oxygen atoms in total. The molecule has 1 unspecified atom stereocenters. The third-order valence-electron chi connectivity index (χ3n) is 5.69. The van der Waals surface area contributed by atoms with Gasteiger partial charge in [0.05, 0.1) is 12.2 Å². The number of amides is 1. The number of nitrogens with zero attached hydrogens (tertiary/aromatic N) is 4. The molecule has 1 aliphatic heterocycles. The van der Waals surface area contributed by atoms with Crippen LogP contribution in [-0.4, -0.2) is 64.4 Å². The van der Waals surface area contributed by atoms with Gasteiger partial charge in [0.15, 0.2) is 0 Å². The second kappa shape index (κ2) is 6.88. The molecule has 0 aromatic carbocycles. The number of likely N-dealkylation sites (tertiary alicyclic amines) is 1. The van der Waals surface area contributed by atoms with E-state index in [-0.39, 0.29) is 16.9 Å². The summed E-state index contributed by atoms with van der Waals surface area (Å²) in [5, 5.41) is 0.